The molecule has 2 unspecified atom stereocenters. The van der Waals surface area contributed by atoms with Crippen molar-refractivity contribution in [2.45, 2.75) is 50.7 Å². The van der Waals surface area contributed by atoms with Crippen molar-refractivity contribution in [3.63, 3.8) is 0 Å². The number of nitrogens with zero attached hydrogens (tertiary/aromatic N) is 3. The lowest BCUT2D eigenvalue weighted by atomic mass is 9.96. The number of rotatable bonds is 4. The summed E-state index contributed by atoms with van der Waals surface area (Å²) in [4.78, 5) is 15.4. The van der Waals surface area contributed by atoms with Gasteiger partial charge >= 0.3 is 5.97 Å². The first-order valence-corrected chi connectivity index (χ1v) is 5.89. The molecule has 0 spiro atoms. The van der Waals surface area contributed by atoms with Crippen molar-refractivity contribution in [2.75, 3.05) is 0 Å². The molecule has 2 N–H and O–H groups in total. The predicted molar refractivity (Wildman–Crippen MR) is 61.5 cm³/mol. The maximum atomic E-state index is 11.5. The number of aliphatic carboxylic acids is 1. The van der Waals surface area contributed by atoms with E-state index in [-0.39, 0.29) is 12.1 Å². The van der Waals surface area contributed by atoms with Crippen molar-refractivity contribution < 1.29 is 9.90 Å². The topological polar surface area (TPSA) is 80.0 Å². The molecule has 1 aliphatic carbocycles. The summed E-state index contributed by atoms with van der Waals surface area (Å²) in [6.45, 7) is 3.93. The van der Waals surface area contributed by atoms with Crippen LogP contribution in [0.5, 0.6) is 0 Å². The van der Waals surface area contributed by atoms with Crippen molar-refractivity contribution in [1.29, 1.82) is 0 Å². The van der Waals surface area contributed by atoms with Gasteiger partial charge in [-0.15, -0.1) is 0 Å². The molecule has 1 saturated carbocycles. The molecule has 0 radical (unpaired) electrons. The summed E-state index contributed by atoms with van der Waals surface area (Å²) < 4.78 is 1.76. The zero-order chi connectivity index (χ0) is 12.5. The molecule has 6 heteroatoms. The zero-order valence-corrected chi connectivity index (χ0v) is 10.1. The molecule has 0 aliphatic heterocycles. The van der Waals surface area contributed by atoms with Crippen LogP contribution in [0.3, 0.4) is 0 Å². The SMILES string of the molecule is CC(C)NC1(C(=O)O)CCC(n2cncn2)C1. The number of carbonyl (C=O) groups is 1. The van der Waals surface area contributed by atoms with Gasteiger partial charge in [0.15, 0.2) is 0 Å². The van der Waals surface area contributed by atoms with Crippen LogP contribution < -0.4 is 5.32 Å². The minimum atomic E-state index is -0.815. The number of nitrogens with one attached hydrogen (secondary N) is 1. The fourth-order valence-electron chi connectivity index (χ4n) is 2.59. The fraction of sp³-hybridized carbons (Fsp3) is 0.727. The van der Waals surface area contributed by atoms with Crippen LogP contribution in [0, 0.1) is 0 Å². The third kappa shape index (κ3) is 2.31. The molecule has 1 aliphatic rings. The highest BCUT2D eigenvalue weighted by molar-refractivity contribution is 5.79. The van der Waals surface area contributed by atoms with Crippen molar-refractivity contribution in [3.05, 3.63) is 12.7 Å². The summed E-state index contributed by atoms with van der Waals surface area (Å²) in [7, 11) is 0. The van der Waals surface area contributed by atoms with E-state index in [9.17, 15) is 9.90 Å². The second-order valence-electron chi connectivity index (χ2n) is 4.96. The molecule has 6 nitrogen and oxygen atoms in total. The second kappa shape index (κ2) is 4.44. The van der Waals surface area contributed by atoms with Gasteiger partial charge in [-0.25, -0.2) is 9.67 Å². The number of hydrogen-bond acceptors (Lipinski definition) is 4. The van der Waals surface area contributed by atoms with E-state index in [0.29, 0.717) is 12.8 Å². The Morgan fingerprint density at radius 3 is 2.94 bits per heavy atom. The lowest BCUT2D eigenvalue weighted by Crippen LogP contribution is -2.53. The second-order valence-corrected chi connectivity index (χ2v) is 4.96. The normalized spacial score (nSPS) is 28.8. The first-order chi connectivity index (χ1) is 8.03. The molecule has 1 aromatic rings. The van der Waals surface area contributed by atoms with Gasteiger partial charge in [0.1, 0.15) is 18.2 Å². The Morgan fingerprint density at radius 2 is 2.41 bits per heavy atom. The average molecular weight is 238 g/mol. The molecule has 2 rings (SSSR count). The van der Waals surface area contributed by atoms with E-state index < -0.39 is 11.5 Å². The van der Waals surface area contributed by atoms with Gasteiger partial charge < -0.3 is 5.11 Å². The van der Waals surface area contributed by atoms with Crippen LogP contribution in [0.25, 0.3) is 0 Å². The van der Waals surface area contributed by atoms with Crippen LogP contribution >= 0.6 is 0 Å². The van der Waals surface area contributed by atoms with Crippen molar-refractivity contribution in [3.8, 4) is 0 Å². The van der Waals surface area contributed by atoms with Gasteiger partial charge in [0.2, 0.25) is 0 Å². The molecule has 0 saturated heterocycles. The lowest BCUT2D eigenvalue weighted by Gasteiger charge is -2.28. The average Bonchev–Trinajstić information content (AvgIpc) is 2.84. The van der Waals surface area contributed by atoms with Crippen LogP contribution in [0.4, 0.5) is 0 Å². The molecule has 94 valence electrons. The summed E-state index contributed by atoms with van der Waals surface area (Å²) in [5.74, 6) is -0.770. The van der Waals surface area contributed by atoms with Gasteiger partial charge in [-0.2, -0.15) is 5.10 Å². The molecule has 2 atom stereocenters. The Hall–Kier alpha value is -1.43. The Labute approximate surface area is 100 Å². The van der Waals surface area contributed by atoms with E-state index in [1.807, 2.05) is 13.8 Å². The van der Waals surface area contributed by atoms with Gasteiger partial charge in [-0.3, -0.25) is 10.1 Å². The Morgan fingerprint density at radius 1 is 1.65 bits per heavy atom. The number of carboxylic acids is 1. The molecule has 1 aromatic heterocycles. The van der Waals surface area contributed by atoms with Gasteiger partial charge in [0.25, 0.3) is 0 Å². The van der Waals surface area contributed by atoms with Crippen molar-refractivity contribution in [2.24, 2.45) is 0 Å². The lowest BCUT2D eigenvalue weighted by molar-refractivity contribution is -0.145. The summed E-state index contributed by atoms with van der Waals surface area (Å²) in [6.07, 6.45) is 5.14. The van der Waals surface area contributed by atoms with Crippen LogP contribution in [0.1, 0.15) is 39.2 Å². The summed E-state index contributed by atoms with van der Waals surface area (Å²) >= 11 is 0. The first kappa shape index (κ1) is 12.0. The maximum absolute atomic E-state index is 11.5. The standard InChI is InChI=1S/C11H18N4O2/c1-8(2)14-11(10(16)17)4-3-9(5-11)15-7-12-6-13-15/h6-9,14H,3-5H2,1-2H3,(H,16,17). The minimum absolute atomic E-state index is 0.125. The fourth-order valence-corrected chi connectivity index (χ4v) is 2.59. The van der Waals surface area contributed by atoms with Gasteiger partial charge in [-0.1, -0.05) is 0 Å². The van der Waals surface area contributed by atoms with Crippen molar-refractivity contribution in [1.82, 2.24) is 20.1 Å². The van der Waals surface area contributed by atoms with E-state index in [4.69, 9.17) is 0 Å². The van der Waals surface area contributed by atoms with Crippen LogP contribution in [-0.2, 0) is 4.79 Å². The van der Waals surface area contributed by atoms with Gasteiger partial charge in [0.05, 0.1) is 6.04 Å². The maximum Gasteiger partial charge on any atom is 0.323 e. The highest BCUT2D eigenvalue weighted by Gasteiger charge is 2.46. The molecular formula is C11H18N4O2. The Kier molecular flexibility index (Phi) is 3.15. The largest absolute Gasteiger partial charge is 0.480 e. The Balaban J connectivity index is 2.14. The zero-order valence-electron chi connectivity index (χ0n) is 10.1. The third-order valence-electron chi connectivity index (χ3n) is 3.27. The quantitative estimate of drug-likeness (QED) is 0.812. The first-order valence-electron chi connectivity index (χ1n) is 5.89. The Bertz CT molecular complexity index is 390. The molecule has 0 aromatic carbocycles. The van der Waals surface area contributed by atoms with Crippen LogP contribution in [-0.4, -0.2) is 37.4 Å². The number of aromatic nitrogens is 3. The predicted octanol–water partition coefficient (Wildman–Crippen LogP) is 0.824. The molecule has 1 heterocycles. The van der Waals surface area contributed by atoms with E-state index in [1.165, 1.54) is 6.33 Å². The van der Waals surface area contributed by atoms with Gasteiger partial charge in [-0.05, 0) is 33.1 Å². The monoisotopic (exact) mass is 238 g/mol. The van der Waals surface area contributed by atoms with E-state index in [1.54, 1.807) is 11.0 Å². The van der Waals surface area contributed by atoms with Gasteiger partial charge in [0, 0.05) is 6.04 Å². The van der Waals surface area contributed by atoms with Crippen LogP contribution in [0.2, 0.25) is 0 Å². The molecule has 0 amide bonds. The van der Waals surface area contributed by atoms with Crippen molar-refractivity contribution >= 4 is 5.97 Å². The summed E-state index contributed by atoms with van der Waals surface area (Å²) in [5.41, 5.74) is -0.815. The number of carboxylic acid groups (broad SMARTS) is 1. The van der Waals surface area contributed by atoms with E-state index in [0.717, 1.165) is 6.42 Å². The van der Waals surface area contributed by atoms with E-state index in [2.05, 4.69) is 15.4 Å². The third-order valence-corrected chi connectivity index (χ3v) is 3.27. The molecule has 17 heavy (non-hydrogen) atoms. The summed E-state index contributed by atoms with van der Waals surface area (Å²) in [6, 6.07) is 0.278. The molecular weight excluding hydrogens is 220 g/mol. The molecule has 0 bridgehead atoms. The van der Waals surface area contributed by atoms with Crippen LogP contribution in [0.15, 0.2) is 12.7 Å². The molecule has 1 fully saturated rings. The van der Waals surface area contributed by atoms with E-state index >= 15 is 0 Å². The highest BCUT2D eigenvalue weighted by Crippen LogP contribution is 2.37. The smallest absolute Gasteiger partial charge is 0.323 e. The number of hydrogen-bond donors (Lipinski definition) is 2. The summed E-state index contributed by atoms with van der Waals surface area (Å²) in [5, 5.41) is 16.7. The highest BCUT2D eigenvalue weighted by atomic mass is 16.4. The minimum Gasteiger partial charge on any atom is -0.480 e.